The number of aromatic nitrogens is 3. The van der Waals surface area contributed by atoms with Gasteiger partial charge in [0, 0.05) is 18.4 Å². The molecule has 0 saturated carbocycles. The lowest BCUT2D eigenvalue weighted by atomic mass is 10.2. The van der Waals surface area contributed by atoms with Crippen molar-refractivity contribution in [3.63, 3.8) is 0 Å². The van der Waals surface area contributed by atoms with E-state index < -0.39 is 0 Å². The van der Waals surface area contributed by atoms with Gasteiger partial charge in [0.05, 0.1) is 37.3 Å². The smallest absolute Gasteiger partial charge is 0.167 e. The summed E-state index contributed by atoms with van der Waals surface area (Å²) in [4.78, 5) is 0. The van der Waals surface area contributed by atoms with E-state index in [0.717, 1.165) is 23.1 Å². The highest BCUT2D eigenvalue weighted by Crippen LogP contribution is 2.19. The Morgan fingerprint density at radius 1 is 1.30 bits per heavy atom. The third-order valence-corrected chi connectivity index (χ3v) is 4.00. The highest BCUT2D eigenvalue weighted by Gasteiger charge is 2.26. The summed E-state index contributed by atoms with van der Waals surface area (Å²) in [6.45, 7) is 1.77. The van der Waals surface area contributed by atoms with Crippen LogP contribution in [0.15, 0.2) is 41.2 Å². The van der Waals surface area contributed by atoms with E-state index in [1.165, 1.54) is 0 Å². The maximum atomic E-state index is 5.91. The molecule has 23 heavy (non-hydrogen) atoms. The van der Waals surface area contributed by atoms with Crippen molar-refractivity contribution in [1.82, 2.24) is 14.9 Å². The third-order valence-electron chi connectivity index (χ3n) is 4.00. The third kappa shape index (κ3) is 2.93. The fourth-order valence-electron chi connectivity index (χ4n) is 2.71. The molecular formula is C16H18N4O3. The van der Waals surface area contributed by atoms with Gasteiger partial charge in [0.25, 0.3) is 0 Å². The maximum Gasteiger partial charge on any atom is 0.167 e. The monoisotopic (exact) mass is 314 g/mol. The van der Waals surface area contributed by atoms with Gasteiger partial charge in [0.15, 0.2) is 11.3 Å². The van der Waals surface area contributed by atoms with Crippen LogP contribution in [0, 0.1) is 0 Å². The molecule has 1 fully saturated rings. The van der Waals surface area contributed by atoms with Crippen molar-refractivity contribution in [2.24, 2.45) is 5.73 Å². The normalized spacial score (nSPS) is 21.1. The van der Waals surface area contributed by atoms with Gasteiger partial charge in [-0.1, -0.05) is 17.3 Å². The Balaban J connectivity index is 1.40. The van der Waals surface area contributed by atoms with Crippen LogP contribution in [0.25, 0.3) is 11.0 Å². The largest absolute Gasteiger partial charge is 0.483 e. The Hall–Kier alpha value is -2.38. The Morgan fingerprint density at radius 2 is 2.22 bits per heavy atom. The Labute approximate surface area is 132 Å². The minimum absolute atomic E-state index is 0.0835. The quantitative estimate of drug-likeness (QED) is 0.765. The predicted molar refractivity (Wildman–Crippen MR) is 83.2 cm³/mol. The zero-order chi connectivity index (χ0) is 15.6. The minimum atomic E-state index is -0.105. The maximum absolute atomic E-state index is 5.91. The number of hydrogen-bond acceptors (Lipinski definition) is 6. The molecule has 3 heterocycles. The molecule has 0 bridgehead atoms. The van der Waals surface area contributed by atoms with Crippen molar-refractivity contribution in [2.75, 3.05) is 13.2 Å². The summed E-state index contributed by atoms with van der Waals surface area (Å²) in [5, 5.41) is 9.49. The number of hydrogen-bond donors (Lipinski definition) is 1. The van der Waals surface area contributed by atoms with Crippen LogP contribution < -0.4 is 10.5 Å². The highest BCUT2D eigenvalue weighted by atomic mass is 16.5. The van der Waals surface area contributed by atoms with Crippen molar-refractivity contribution in [1.29, 1.82) is 0 Å². The lowest BCUT2D eigenvalue weighted by Crippen LogP contribution is -2.37. The molecule has 4 rings (SSSR count). The van der Waals surface area contributed by atoms with E-state index in [1.54, 1.807) is 6.20 Å². The molecule has 120 valence electrons. The van der Waals surface area contributed by atoms with Crippen LogP contribution >= 0.6 is 0 Å². The summed E-state index contributed by atoms with van der Waals surface area (Å²) >= 11 is 0. The van der Waals surface area contributed by atoms with Crippen LogP contribution in [-0.2, 0) is 17.7 Å². The van der Waals surface area contributed by atoms with Gasteiger partial charge in [0.1, 0.15) is 6.10 Å². The van der Waals surface area contributed by atoms with Gasteiger partial charge in [-0.05, 0) is 12.1 Å². The molecular weight excluding hydrogens is 296 g/mol. The fourth-order valence-corrected chi connectivity index (χ4v) is 2.71. The molecule has 0 radical (unpaired) electrons. The van der Waals surface area contributed by atoms with Gasteiger partial charge in [0.2, 0.25) is 0 Å². The molecule has 0 unspecified atom stereocenters. The number of benzene rings is 1. The van der Waals surface area contributed by atoms with Gasteiger partial charge in [-0.3, -0.25) is 4.68 Å². The van der Waals surface area contributed by atoms with Crippen LogP contribution in [0.5, 0.6) is 5.75 Å². The van der Waals surface area contributed by atoms with Gasteiger partial charge < -0.3 is 19.7 Å². The second-order valence-corrected chi connectivity index (χ2v) is 5.67. The van der Waals surface area contributed by atoms with Gasteiger partial charge in [-0.15, -0.1) is 0 Å². The van der Waals surface area contributed by atoms with Crippen LogP contribution in [0.4, 0.5) is 0 Å². The molecule has 0 spiro atoms. The van der Waals surface area contributed by atoms with Crippen LogP contribution in [-0.4, -0.2) is 40.3 Å². The van der Waals surface area contributed by atoms with Gasteiger partial charge in [-0.25, -0.2) is 0 Å². The lowest BCUT2D eigenvalue weighted by Gasteiger charge is -2.13. The van der Waals surface area contributed by atoms with Crippen molar-refractivity contribution in [2.45, 2.75) is 25.1 Å². The summed E-state index contributed by atoms with van der Waals surface area (Å²) in [6.07, 6.45) is 4.20. The first-order chi connectivity index (χ1) is 11.3. The summed E-state index contributed by atoms with van der Waals surface area (Å²) < 4.78 is 18.2. The zero-order valence-corrected chi connectivity index (χ0v) is 12.6. The number of nitrogens with two attached hydrogens (primary N) is 1. The second-order valence-electron chi connectivity index (χ2n) is 5.67. The lowest BCUT2D eigenvalue weighted by molar-refractivity contribution is 0.140. The van der Waals surface area contributed by atoms with Crippen molar-refractivity contribution >= 4 is 11.0 Å². The molecule has 7 nitrogen and oxygen atoms in total. The number of nitrogens with zero attached hydrogens (tertiary/aromatic N) is 3. The molecule has 3 aromatic rings. The average Bonchev–Trinajstić information content (AvgIpc) is 3.27. The molecule has 1 aromatic carbocycles. The topological polar surface area (TPSA) is 88.3 Å². The number of ether oxygens (including phenoxy) is 2. The van der Waals surface area contributed by atoms with Crippen LogP contribution in [0.2, 0.25) is 0 Å². The number of rotatable bonds is 5. The van der Waals surface area contributed by atoms with E-state index in [4.69, 9.17) is 19.7 Å². The van der Waals surface area contributed by atoms with Gasteiger partial charge >= 0.3 is 0 Å². The number of para-hydroxylation sites is 1. The van der Waals surface area contributed by atoms with Crippen LogP contribution in [0.3, 0.4) is 0 Å². The van der Waals surface area contributed by atoms with E-state index in [2.05, 4.69) is 10.3 Å². The average molecular weight is 314 g/mol. The Bertz CT molecular complexity index is 797. The summed E-state index contributed by atoms with van der Waals surface area (Å²) in [7, 11) is 0. The number of aryl methyl sites for hydroxylation is 2. The molecule has 1 saturated heterocycles. The van der Waals surface area contributed by atoms with Crippen LogP contribution in [0.1, 0.15) is 5.69 Å². The first-order valence-electron chi connectivity index (χ1n) is 7.65. The summed E-state index contributed by atoms with van der Waals surface area (Å²) in [5.41, 5.74) is 7.66. The van der Waals surface area contributed by atoms with E-state index in [0.29, 0.717) is 25.5 Å². The van der Waals surface area contributed by atoms with E-state index in [9.17, 15) is 0 Å². The van der Waals surface area contributed by atoms with Crippen molar-refractivity contribution < 1.29 is 14.0 Å². The molecule has 0 aliphatic carbocycles. The Kier molecular flexibility index (Phi) is 3.72. The SMILES string of the molecule is N[C@H]1COC[C@H]1Oc1cnn(CCc2noc3ccccc23)c1. The number of fused-ring (bicyclic) bond motifs is 1. The molecule has 0 amide bonds. The first kappa shape index (κ1) is 14.2. The second kappa shape index (κ2) is 6.02. The molecule has 1 aliphatic heterocycles. The highest BCUT2D eigenvalue weighted by molar-refractivity contribution is 5.79. The first-order valence-corrected chi connectivity index (χ1v) is 7.65. The standard InChI is InChI=1S/C16H18N4O3/c17-13-9-21-10-16(13)22-11-7-18-20(8-11)6-5-14-12-3-1-2-4-15(12)23-19-14/h1-4,7-8,13,16H,5-6,9-10,17H2/t13-,16+/m0/s1. The Morgan fingerprint density at radius 3 is 3.09 bits per heavy atom. The van der Waals surface area contributed by atoms with Crippen molar-refractivity contribution in [3.05, 3.63) is 42.4 Å². The zero-order valence-electron chi connectivity index (χ0n) is 12.6. The predicted octanol–water partition coefficient (Wildman–Crippen LogP) is 1.37. The summed E-state index contributed by atoms with van der Waals surface area (Å²) in [6, 6.07) is 7.76. The minimum Gasteiger partial charge on any atom is -0.483 e. The molecule has 2 aromatic heterocycles. The molecule has 7 heteroatoms. The molecule has 2 atom stereocenters. The van der Waals surface area contributed by atoms with Gasteiger partial charge in [-0.2, -0.15) is 5.10 Å². The van der Waals surface area contributed by atoms with E-state index >= 15 is 0 Å². The molecule has 1 aliphatic rings. The summed E-state index contributed by atoms with van der Waals surface area (Å²) in [5.74, 6) is 0.709. The fraction of sp³-hybridized carbons (Fsp3) is 0.375. The molecule has 2 N–H and O–H groups in total. The van der Waals surface area contributed by atoms with E-state index in [-0.39, 0.29) is 12.1 Å². The van der Waals surface area contributed by atoms with E-state index in [1.807, 2.05) is 35.1 Å². The van der Waals surface area contributed by atoms with Crippen molar-refractivity contribution in [3.8, 4) is 5.75 Å².